The summed E-state index contributed by atoms with van der Waals surface area (Å²) >= 11 is 19.3. The lowest BCUT2D eigenvalue weighted by Crippen LogP contribution is -2.14. The molecule has 1 heterocycles. The number of amides is 1. The highest BCUT2D eigenvalue weighted by atomic mass is 35.5. The van der Waals surface area contributed by atoms with Crippen LogP contribution in [0.5, 0.6) is 0 Å². The maximum absolute atomic E-state index is 12.2. The van der Waals surface area contributed by atoms with Crippen molar-refractivity contribution in [3.05, 3.63) is 79.7 Å². The van der Waals surface area contributed by atoms with E-state index in [4.69, 9.17) is 34.8 Å². The molecule has 0 unspecified atom stereocenters. The van der Waals surface area contributed by atoms with Crippen molar-refractivity contribution in [2.24, 2.45) is 0 Å². The van der Waals surface area contributed by atoms with E-state index in [-0.39, 0.29) is 12.3 Å². The number of halogens is 3. The standard InChI is InChI=1S/C18H13Cl3N2OS/c19-13-4-1-11(2-5-13)7-15-10-22-18(25-15)23-17(24)8-12-3-6-14(20)9-16(12)21/h1-6,9-10H,7-8H2,(H,22,23,24). The Morgan fingerprint density at radius 1 is 1.04 bits per heavy atom. The molecule has 7 heteroatoms. The number of rotatable bonds is 5. The molecule has 2 aromatic carbocycles. The first-order chi connectivity index (χ1) is 12.0. The van der Waals surface area contributed by atoms with Crippen LogP contribution < -0.4 is 5.32 Å². The molecular weight excluding hydrogens is 399 g/mol. The van der Waals surface area contributed by atoms with E-state index in [0.717, 1.165) is 22.4 Å². The Hall–Kier alpha value is -1.59. The van der Waals surface area contributed by atoms with Crippen LogP contribution in [0.3, 0.4) is 0 Å². The van der Waals surface area contributed by atoms with Crippen LogP contribution in [0, 0.1) is 0 Å². The highest BCUT2D eigenvalue weighted by molar-refractivity contribution is 7.15. The van der Waals surface area contributed by atoms with Crippen molar-refractivity contribution in [2.45, 2.75) is 12.8 Å². The summed E-state index contributed by atoms with van der Waals surface area (Å²) in [6, 6.07) is 12.7. The van der Waals surface area contributed by atoms with Gasteiger partial charge in [-0.3, -0.25) is 4.79 Å². The molecule has 0 fully saturated rings. The molecule has 1 aromatic heterocycles. The highest BCUT2D eigenvalue weighted by Gasteiger charge is 2.10. The molecule has 128 valence electrons. The van der Waals surface area contributed by atoms with Crippen LogP contribution in [-0.2, 0) is 17.6 Å². The van der Waals surface area contributed by atoms with Crippen molar-refractivity contribution in [3.8, 4) is 0 Å². The van der Waals surface area contributed by atoms with E-state index < -0.39 is 0 Å². The van der Waals surface area contributed by atoms with Crippen molar-refractivity contribution >= 4 is 57.2 Å². The monoisotopic (exact) mass is 410 g/mol. The predicted octanol–water partition coefficient (Wildman–Crippen LogP) is 5.88. The fraction of sp³-hybridized carbons (Fsp3) is 0.111. The third-order valence-electron chi connectivity index (χ3n) is 3.46. The maximum atomic E-state index is 12.2. The molecule has 0 spiro atoms. The van der Waals surface area contributed by atoms with Gasteiger partial charge in [-0.25, -0.2) is 4.98 Å². The van der Waals surface area contributed by atoms with E-state index in [1.807, 2.05) is 24.3 Å². The molecule has 1 amide bonds. The molecule has 3 aromatic rings. The van der Waals surface area contributed by atoms with E-state index in [0.29, 0.717) is 20.2 Å². The van der Waals surface area contributed by atoms with Gasteiger partial charge in [-0.1, -0.05) is 53.0 Å². The zero-order valence-electron chi connectivity index (χ0n) is 12.9. The zero-order valence-corrected chi connectivity index (χ0v) is 16.0. The Morgan fingerprint density at radius 3 is 2.48 bits per heavy atom. The van der Waals surface area contributed by atoms with Gasteiger partial charge >= 0.3 is 0 Å². The normalized spacial score (nSPS) is 10.7. The smallest absolute Gasteiger partial charge is 0.230 e. The molecule has 0 radical (unpaired) electrons. The lowest BCUT2D eigenvalue weighted by Gasteiger charge is -2.04. The molecule has 0 aliphatic rings. The average Bonchev–Trinajstić information content (AvgIpc) is 2.99. The fourth-order valence-corrected chi connectivity index (χ4v) is 3.72. The molecule has 0 aliphatic heterocycles. The van der Waals surface area contributed by atoms with Crippen LogP contribution in [0.4, 0.5) is 5.13 Å². The number of thiazole rings is 1. The number of benzene rings is 2. The van der Waals surface area contributed by atoms with Crippen LogP contribution in [0.1, 0.15) is 16.0 Å². The van der Waals surface area contributed by atoms with Gasteiger partial charge < -0.3 is 5.32 Å². The average molecular weight is 412 g/mol. The summed E-state index contributed by atoms with van der Waals surface area (Å²) in [5, 5.41) is 5.10. The van der Waals surface area contributed by atoms with Gasteiger partial charge in [0.25, 0.3) is 0 Å². The van der Waals surface area contributed by atoms with Gasteiger partial charge in [0, 0.05) is 32.6 Å². The molecule has 0 atom stereocenters. The number of carbonyl (C=O) groups excluding carboxylic acids is 1. The largest absolute Gasteiger partial charge is 0.302 e. The molecule has 0 bridgehead atoms. The topological polar surface area (TPSA) is 42.0 Å². The minimum atomic E-state index is -0.170. The molecule has 3 rings (SSSR count). The molecule has 1 N–H and O–H groups in total. The van der Waals surface area contributed by atoms with Gasteiger partial charge in [-0.15, -0.1) is 11.3 Å². The summed E-state index contributed by atoms with van der Waals surface area (Å²) in [5.41, 5.74) is 1.86. The van der Waals surface area contributed by atoms with Gasteiger partial charge in [0.1, 0.15) is 0 Å². The minimum absolute atomic E-state index is 0.169. The molecule has 25 heavy (non-hydrogen) atoms. The van der Waals surface area contributed by atoms with E-state index in [1.54, 1.807) is 24.4 Å². The number of aromatic nitrogens is 1. The lowest BCUT2D eigenvalue weighted by molar-refractivity contribution is -0.115. The first-order valence-corrected chi connectivity index (χ1v) is 9.37. The SMILES string of the molecule is O=C(Cc1ccc(Cl)cc1Cl)Nc1ncc(Cc2ccc(Cl)cc2)s1. The number of nitrogens with one attached hydrogen (secondary N) is 1. The van der Waals surface area contributed by atoms with Crippen molar-refractivity contribution in [1.29, 1.82) is 0 Å². The second-order valence-electron chi connectivity index (χ2n) is 5.40. The second kappa shape index (κ2) is 8.19. The van der Waals surface area contributed by atoms with Crippen molar-refractivity contribution in [3.63, 3.8) is 0 Å². The molecule has 0 saturated carbocycles. The van der Waals surface area contributed by atoms with Crippen LogP contribution in [-0.4, -0.2) is 10.9 Å². The Morgan fingerprint density at radius 2 is 1.76 bits per heavy atom. The number of nitrogens with zero attached hydrogens (tertiary/aromatic N) is 1. The molecule has 0 saturated heterocycles. The number of hydrogen-bond acceptors (Lipinski definition) is 3. The summed E-state index contributed by atoms with van der Waals surface area (Å²) in [6.45, 7) is 0. The number of anilines is 1. The minimum Gasteiger partial charge on any atom is -0.302 e. The van der Waals surface area contributed by atoms with Crippen molar-refractivity contribution in [1.82, 2.24) is 4.98 Å². The van der Waals surface area contributed by atoms with Gasteiger partial charge in [0.2, 0.25) is 5.91 Å². The lowest BCUT2D eigenvalue weighted by atomic mass is 10.1. The van der Waals surface area contributed by atoms with E-state index in [1.165, 1.54) is 11.3 Å². The van der Waals surface area contributed by atoms with Gasteiger partial charge in [-0.05, 0) is 35.4 Å². The summed E-state index contributed by atoms with van der Waals surface area (Å²) in [6.07, 6.45) is 2.68. The van der Waals surface area contributed by atoms with Gasteiger partial charge in [0.05, 0.1) is 6.42 Å². The Balaban J connectivity index is 1.60. The second-order valence-corrected chi connectivity index (χ2v) is 7.79. The maximum Gasteiger partial charge on any atom is 0.230 e. The third-order valence-corrected chi connectivity index (χ3v) is 5.21. The van der Waals surface area contributed by atoms with Crippen LogP contribution in [0.2, 0.25) is 15.1 Å². The van der Waals surface area contributed by atoms with Crippen LogP contribution in [0.25, 0.3) is 0 Å². The predicted molar refractivity (Wildman–Crippen MR) is 105 cm³/mol. The highest BCUT2D eigenvalue weighted by Crippen LogP contribution is 2.24. The van der Waals surface area contributed by atoms with Gasteiger partial charge in [-0.2, -0.15) is 0 Å². The fourth-order valence-electron chi connectivity index (χ4n) is 2.25. The summed E-state index contributed by atoms with van der Waals surface area (Å²) in [7, 11) is 0. The summed E-state index contributed by atoms with van der Waals surface area (Å²) in [4.78, 5) is 17.5. The Labute approximate surface area is 164 Å². The van der Waals surface area contributed by atoms with E-state index in [9.17, 15) is 4.79 Å². The van der Waals surface area contributed by atoms with E-state index >= 15 is 0 Å². The van der Waals surface area contributed by atoms with Crippen molar-refractivity contribution < 1.29 is 4.79 Å². The quantitative estimate of drug-likeness (QED) is 0.570. The summed E-state index contributed by atoms with van der Waals surface area (Å²) < 4.78 is 0. The first kappa shape index (κ1) is 18.2. The third kappa shape index (κ3) is 5.19. The van der Waals surface area contributed by atoms with Crippen molar-refractivity contribution in [2.75, 3.05) is 5.32 Å². The molecule has 0 aliphatic carbocycles. The van der Waals surface area contributed by atoms with Crippen LogP contribution >= 0.6 is 46.1 Å². The van der Waals surface area contributed by atoms with Gasteiger partial charge in [0.15, 0.2) is 5.13 Å². The number of carbonyl (C=O) groups is 1. The molecular formula is C18H13Cl3N2OS. The Bertz CT molecular complexity index is 894. The zero-order chi connectivity index (χ0) is 17.8. The van der Waals surface area contributed by atoms with Crippen LogP contribution in [0.15, 0.2) is 48.7 Å². The summed E-state index contributed by atoms with van der Waals surface area (Å²) in [5.74, 6) is -0.170. The first-order valence-electron chi connectivity index (χ1n) is 7.42. The number of hydrogen-bond donors (Lipinski definition) is 1. The molecule has 3 nitrogen and oxygen atoms in total. The Kier molecular flexibility index (Phi) is 5.97. The van der Waals surface area contributed by atoms with E-state index in [2.05, 4.69) is 10.3 Å².